The molecule has 0 aliphatic carbocycles. The van der Waals surface area contributed by atoms with E-state index in [2.05, 4.69) is 15.1 Å². The van der Waals surface area contributed by atoms with Gasteiger partial charge < -0.3 is 14.1 Å². The molecule has 0 N–H and O–H groups in total. The van der Waals surface area contributed by atoms with Crippen molar-refractivity contribution in [2.45, 2.75) is 12.8 Å². The fourth-order valence-corrected chi connectivity index (χ4v) is 2.83. The van der Waals surface area contributed by atoms with Crippen molar-refractivity contribution >= 4 is 17.3 Å². The molecule has 1 aromatic carbocycles. The fraction of sp³-hybridized carbons (Fsp3) is 0.211. The summed E-state index contributed by atoms with van der Waals surface area (Å²) in [7, 11) is 3.24. The van der Waals surface area contributed by atoms with Gasteiger partial charge in [-0.1, -0.05) is 41.0 Å². The lowest BCUT2D eigenvalue weighted by atomic mass is 10.0. The summed E-state index contributed by atoms with van der Waals surface area (Å²) in [5.74, 6) is 0.474. The van der Waals surface area contributed by atoms with Gasteiger partial charge in [0, 0.05) is 31.2 Å². The molecule has 0 radical (unpaired) electrons. The number of aryl methyl sites for hydroxylation is 1. The molecule has 6 nitrogen and oxygen atoms in total. The molecule has 0 unspecified atom stereocenters. The minimum atomic E-state index is -4.53. The van der Waals surface area contributed by atoms with Gasteiger partial charge in [0.2, 0.25) is 5.88 Å². The molecular formula is C19H16ClF3N4O2. The van der Waals surface area contributed by atoms with Crippen LogP contribution in [0.2, 0.25) is 5.02 Å². The van der Waals surface area contributed by atoms with E-state index >= 15 is 0 Å². The van der Waals surface area contributed by atoms with Crippen LogP contribution in [0, 0.1) is 0 Å². The number of hydrogen-bond acceptors (Lipinski definition) is 5. The first-order valence-electron chi connectivity index (χ1n) is 8.34. The number of halogens is 4. The van der Waals surface area contributed by atoms with Crippen molar-refractivity contribution in [1.82, 2.24) is 14.5 Å². The van der Waals surface area contributed by atoms with Crippen LogP contribution in [-0.2, 0) is 24.7 Å². The van der Waals surface area contributed by atoms with Gasteiger partial charge in [0.25, 0.3) is 0 Å². The molecule has 0 bridgehead atoms. The van der Waals surface area contributed by atoms with E-state index in [0.29, 0.717) is 28.9 Å². The minimum Gasteiger partial charge on any atom is -0.472 e. The van der Waals surface area contributed by atoms with Crippen LogP contribution in [0.25, 0.3) is 0 Å². The van der Waals surface area contributed by atoms with E-state index in [1.807, 2.05) is 19.2 Å². The Hall–Kier alpha value is -3.07. The van der Waals surface area contributed by atoms with Gasteiger partial charge in [-0.25, -0.2) is 9.97 Å². The summed E-state index contributed by atoms with van der Waals surface area (Å²) in [4.78, 5) is 13.0. The van der Waals surface area contributed by atoms with E-state index in [9.17, 15) is 13.2 Å². The SMILES string of the molecule is CON=C(c1ccccc1COc1ncc(C(F)(F)F)cc1Cl)c1nccn1C. The number of rotatable bonds is 6. The summed E-state index contributed by atoms with van der Waals surface area (Å²) in [5, 5.41) is 3.85. The van der Waals surface area contributed by atoms with Gasteiger partial charge in [-0.15, -0.1) is 0 Å². The average Bonchev–Trinajstić information content (AvgIpc) is 3.10. The summed E-state index contributed by atoms with van der Waals surface area (Å²) in [6.07, 6.45) is -0.453. The lowest BCUT2D eigenvalue weighted by Crippen LogP contribution is -2.14. The van der Waals surface area contributed by atoms with Crippen LogP contribution in [-0.4, -0.2) is 27.4 Å². The third kappa shape index (κ3) is 4.68. The molecule has 0 saturated heterocycles. The molecule has 2 aromatic heterocycles. The van der Waals surface area contributed by atoms with Crippen molar-refractivity contribution in [3.05, 3.63) is 76.5 Å². The maximum absolute atomic E-state index is 12.8. The van der Waals surface area contributed by atoms with Crippen LogP contribution < -0.4 is 4.74 Å². The molecule has 3 rings (SSSR count). The van der Waals surface area contributed by atoms with Crippen molar-refractivity contribution in [2.75, 3.05) is 7.11 Å². The van der Waals surface area contributed by atoms with E-state index in [0.717, 1.165) is 6.07 Å². The molecule has 0 atom stereocenters. The third-order valence-electron chi connectivity index (χ3n) is 3.99. The molecule has 0 amide bonds. The second-order valence-electron chi connectivity index (χ2n) is 5.94. The monoisotopic (exact) mass is 424 g/mol. The maximum Gasteiger partial charge on any atom is 0.417 e. The van der Waals surface area contributed by atoms with Gasteiger partial charge in [0.05, 0.1) is 5.56 Å². The van der Waals surface area contributed by atoms with Crippen LogP contribution in [0.15, 0.2) is 54.1 Å². The zero-order valence-corrected chi connectivity index (χ0v) is 16.2. The number of benzene rings is 1. The van der Waals surface area contributed by atoms with Crippen LogP contribution >= 0.6 is 11.6 Å². The number of oxime groups is 1. The van der Waals surface area contributed by atoms with Crippen molar-refractivity contribution < 1.29 is 22.7 Å². The van der Waals surface area contributed by atoms with E-state index in [4.69, 9.17) is 21.2 Å². The second-order valence-corrected chi connectivity index (χ2v) is 6.35. The van der Waals surface area contributed by atoms with E-state index in [-0.39, 0.29) is 17.5 Å². The number of ether oxygens (including phenoxy) is 1. The van der Waals surface area contributed by atoms with Gasteiger partial charge in [-0.05, 0) is 11.6 Å². The Morgan fingerprint density at radius 3 is 2.62 bits per heavy atom. The topological polar surface area (TPSA) is 61.5 Å². The lowest BCUT2D eigenvalue weighted by Gasteiger charge is -2.13. The predicted octanol–water partition coefficient (Wildman–Crippen LogP) is 4.47. The smallest absolute Gasteiger partial charge is 0.417 e. The highest BCUT2D eigenvalue weighted by Crippen LogP contribution is 2.33. The molecule has 29 heavy (non-hydrogen) atoms. The second kappa shape index (κ2) is 8.52. The Kier molecular flexibility index (Phi) is 6.07. The largest absolute Gasteiger partial charge is 0.472 e. The predicted molar refractivity (Wildman–Crippen MR) is 101 cm³/mol. The average molecular weight is 425 g/mol. The van der Waals surface area contributed by atoms with Crippen molar-refractivity contribution in [1.29, 1.82) is 0 Å². The first-order chi connectivity index (χ1) is 13.8. The molecular weight excluding hydrogens is 409 g/mol. The molecule has 3 aromatic rings. The molecule has 0 fully saturated rings. The van der Waals surface area contributed by atoms with Crippen LogP contribution in [0.4, 0.5) is 13.2 Å². The number of nitrogens with zero attached hydrogens (tertiary/aromatic N) is 4. The van der Waals surface area contributed by atoms with Crippen LogP contribution in [0.1, 0.15) is 22.5 Å². The molecule has 10 heteroatoms. The van der Waals surface area contributed by atoms with Crippen molar-refractivity contribution in [2.24, 2.45) is 12.2 Å². The quantitative estimate of drug-likeness (QED) is 0.433. The van der Waals surface area contributed by atoms with Gasteiger partial charge in [0.1, 0.15) is 18.7 Å². The number of aromatic nitrogens is 3. The van der Waals surface area contributed by atoms with E-state index in [1.165, 1.54) is 7.11 Å². The number of hydrogen-bond donors (Lipinski definition) is 0. The Morgan fingerprint density at radius 2 is 2.00 bits per heavy atom. The Morgan fingerprint density at radius 1 is 1.24 bits per heavy atom. The summed E-state index contributed by atoms with van der Waals surface area (Å²) < 4.78 is 45.6. The normalized spacial score (nSPS) is 12.1. The minimum absolute atomic E-state index is 0.00140. The number of pyridine rings is 1. The molecule has 0 aliphatic heterocycles. The Balaban J connectivity index is 1.89. The highest BCUT2D eigenvalue weighted by atomic mass is 35.5. The zero-order valence-electron chi connectivity index (χ0n) is 15.4. The highest BCUT2D eigenvalue weighted by Gasteiger charge is 2.31. The summed E-state index contributed by atoms with van der Waals surface area (Å²) in [6.45, 7) is 0.00140. The summed E-state index contributed by atoms with van der Waals surface area (Å²) in [5.41, 5.74) is 0.918. The summed E-state index contributed by atoms with van der Waals surface area (Å²) in [6, 6.07) is 8.00. The highest BCUT2D eigenvalue weighted by molar-refractivity contribution is 6.31. The van der Waals surface area contributed by atoms with Gasteiger partial charge in [0.15, 0.2) is 11.5 Å². The zero-order chi connectivity index (χ0) is 21.0. The lowest BCUT2D eigenvalue weighted by molar-refractivity contribution is -0.137. The molecule has 0 aliphatic rings. The first kappa shape index (κ1) is 20.7. The molecule has 152 valence electrons. The van der Waals surface area contributed by atoms with Gasteiger partial charge in [-0.3, -0.25) is 0 Å². The number of imidazole rings is 1. The van der Waals surface area contributed by atoms with Crippen LogP contribution in [0.3, 0.4) is 0 Å². The van der Waals surface area contributed by atoms with Crippen molar-refractivity contribution in [3.63, 3.8) is 0 Å². The standard InChI is InChI=1S/C19H16ClF3N4O2/c1-27-8-7-24-17(27)16(26-28-2)14-6-4-3-5-12(14)11-29-18-15(20)9-13(10-25-18)19(21,22)23/h3-10H,11H2,1-2H3. The molecule has 0 spiro atoms. The van der Waals surface area contributed by atoms with Crippen molar-refractivity contribution in [3.8, 4) is 5.88 Å². The fourth-order valence-electron chi connectivity index (χ4n) is 2.61. The van der Waals surface area contributed by atoms with Gasteiger partial charge in [-0.2, -0.15) is 13.2 Å². The van der Waals surface area contributed by atoms with Gasteiger partial charge >= 0.3 is 6.18 Å². The first-order valence-corrected chi connectivity index (χ1v) is 8.71. The van der Waals surface area contributed by atoms with E-state index in [1.54, 1.807) is 29.1 Å². The third-order valence-corrected chi connectivity index (χ3v) is 4.26. The molecule has 0 saturated carbocycles. The maximum atomic E-state index is 12.8. The number of alkyl halides is 3. The Bertz CT molecular complexity index is 1030. The summed E-state index contributed by atoms with van der Waals surface area (Å²) >= 11 is 5.91. The Labute approximate surface area is 169 Å². The molecule has 2 heterocycles. The van der Waals surface area contributed by atoms with Crippen LogP contribution in [0.5, 0.6) is 5.88 Å². The van der Waals surface area contributed by atoms with E-state index < -0.39 is 11.7 Å².